The van der Waals surface area contributed by atoms with E-state index in [1.54, 1.807) is 0 Å². The molecule has 3 N–H and O–H groups in total. The maximum absolute atomic E-state index is 5.88. The molecule has 0 saturated carbocycles. The third-order valence-electron chi connectivity index (χ3n) is 4.68. The molecule has 2 aromatic carbocycles. The zero-order chi connectivity index (χ0) is 17.8. The number of para-hydroxylation sites is 1. The number of hydrogen-bond acceptors (Lipinski definition) is 2. The molecule has 132 valence electrons. The van der Waals surface area contributed by atoms with Crippen molar-refractivity contribution in [1.82, 2.24) is 4.98 Å². The lowest BCUT2D eigenvalue weighted by Crippen LogP contribution is -2.00. The predicted molar refractivity (Wildman–Crippen MR) is 106 cm³/mol. The van der Waals surface area contributed by atoms with E-state index in [2.05, 4.69) is 43.1 Å². The molecule has 3 heteroatoms. The van der Waals surface area contributed by atoms with Gasteiger partial charge < -0.3 is 15.5 Å². The van der Waals surface area contributed by atoms with Crippen LogP contribution in [0.4, 0.5) is 0 Å². The number of nitrogens with one attached hydrogen (secondary N) is 1. The molecule has 1 heterocycles. The van der Waals surface area contributed by atoms with E-state index >= 15 is 0 Å². The highest BCUT2D eigenvalue weighted by atomic mass is 16.5. The number of nitrogens with two attached hydrogens (primary N) is 1. The van der Waals surface area contributed by atoms with Gasteiger partial charge in [0.15, 0.2) is 0 Å². The van der Waals surface area contributed by atoms with Gasteiger partial charge >= 0.3 is 0 Å². The summed E-state index contributed by atoms with van der Waals surface area (Å²) in [7, 11) is 0. The summed E-state index contributed by atoms with van der Waals surface area (Å²) in [6, 6.07) is 12.8. The highest BCUT2D eigenvalue weighted by Gasteiger charge is 2.17. The molecule has 0 aliphatic rings. The van der Waals surface area contributed by atoms with E-state index in [-0.39, 0.29) is 0 Å². The number of fused-ring (bicyclic) bond motifs is 1. The second-order valence-electron chi connectivity index (χ2n) is 6.66. The molecule has 0 bridgehead atoms. The summed E-state index contributed by atoms with van der Waals surface area (Å²) < 4.78 is 5.88. The highest BCUT2D eigenvalue weighted by molar-refractivity contribution is 5.94. The summed E-state index contributed by atoms with van der Waals surface area (Å²) >= 11 is 0. The van der Waals surface area contributed by atoms with Crippen LogP contribution in [0.3, 0.4) is 0 Å². The van der Waals surface area contributed by atoms with Crippen LogP contribution < -0.4 is 10.5 Å². The minimum atomic E-state index is 0.665. The van der Waals surface area contributed by atoms with Crippen LogP contribution >= 0.6 is 0 Å². The Hall–Kier alpha value is -2.26. The van der Waals surface area contributed by atoms with Gasteiger partial charge in [-0.1, -0.05) is 18.2 Å². The third kappa shape index (κ3) is 3.57. The normalized spacial score (nSPS) is 11.2. The van der Waals surface area contributed by atoms with Gasteiger partial charge in [0.25, 0.3) is 0 Å². The Morgan fingerprint density at radius 2 is 1.88 bits per heavy atom. The highest BCUT2D eigenvalue weighted by Crippen LogP contribution is 2.38. The fourth-order valence-electron chi connectivity index (χ4n) is 3.68. The number of hydrogen-bond donors (Lipinski definition) is 2. The summed E-state index contributed by atoms with van der Waals surface area (Å²) in [4.78, 5) is 3.68. The first-order chi connectivity index (χ1) is 12.2. The van der Waals surface area contributed by atoms with Gasteiger partial charge in [-0.05, 0) is 81.5 Å². The lowest BCUT2D eigenvalue weighted by molar-refractivity contribution is 0.341. The first-order valence-electron chi connectivity index (χ1n) is 9.19. The fourth-order valence-corrected chi connectivity index (χ4v) is 3.68. The van der Waals surface area contributed by atoms with Gasteiger partial charge in [-0.3, -0.25) is 0 Å². The Morgan fingerprint density at radius 3 is 2.64 bits per heavy atom. The Morgan fingerprint density at radius 1 is 1.08 bits per heavy atom. The summed E-state index contributed by atoms with van der Waals surface area (Å²) in [5, 5.41) is 1.35. The van der Waals surface area contributed by atoms with E-state index in [0.29, 0.717) is 6.61 Å². The molecular formula is C22H28N2O. The van der Waals surface area contributed by atoms with Crippen molar-refractivity contribution in [2.75, 3.05) is 13.2 Å². The van der Waals surface area contributed by atoms with Gasteiger partial charge in [0.1, 0.15) is 5.75 Å². The molecule has 0 saturated heterocycles. The number of unbranched alkanes of at least 4 members (excludes halogenated alkanes) is 1. The minimum absolute atomic E-state index is 0.665. The second-order valence-corrected chi connectivity index (χ2v) is 6.66. The Balaban J connectivity index is 2.20. The molecule has 25 heavy (non-hydrogen) atoms. The van der Waals surface area contributed by atoms with Gasteiger partial charge in [0.2, 0.25) is 0 Å². The predicted octanol–water partition coefficient (Wildman–Crippen LogP) is 5.13. The lowest BCUT2D eigenvalue weighted by atomic mass is 9.97. The first kappa shape index (κ1) is 17.6. The van der Waals surface area contributed by atoms with Crippen LogP contribution in [0.15, 0.2) is 36.4 Å². The lowest BCUT2D eigenvalue weighted by Gasteiger charge is -2.11. The van der Waals surface area contributed by atoms with Gasteiger partial charge in [0.05, 0.1) is 12.3 Å². The first-order valence-corrected chi connectivity index (χ1v) is 9.19. The molecule has 0 amide bonds. The summed E-state index contributed by atoms with van der Waals surface area (Å²) in [5.74, 6) is 0.936. The molecule has 0 aliphatic heterocycles. The zero-order valence-electron chi connectivity index (χ0n) is 15.5. The van der Waals surface area contributed by atoms with Gasteiger partial charge in [-0.25, -0.2) is 0 Å². The number of rotatable bonds is 7. The molecule has 3 rings (SSSR count). The molecule has 0 unspecified atom stereocenters. The van der Waals surface area contributed by atoms with E-state index < -0.39 is 0 Å². The molecule has 0 atom stereocenters. The van der Waals surface area contributed by atoms with Crippen molar-refractivity contribution >= 4 is 10.9 Å². The van der Waals surface area contributed by atoms with E-state index in [9.17, 15) is 0 Å². The number of benzene rings is 2. The average Bonchev–Trinajstić information content (AvgIpc) is 2.94. The summed E-state index contributed by atoms with van der Waals surface area (Å²) in [6.07, 6.45) is 3.17. The largest absolute Gasteiger partial charge is 0.493 e. The van der Waals surface area contributed by atoms with Crippen molar-refractivity contribution in [3.05, 3.63) is 53.1 Å². The van der Waals surface area contributed by atoms with Crippen molar-refractivity contribution in [1.29, 1.82) is 0 Å². The smallest absolute Gasteiger partial charge is 0.128 e. The van der Waals surface area contributed by atoms with E-state index in [4.69, 9.17) is 10.5 Å². The number of H-pyrrole nitrogens is 1. The summed E-state index contributed by atoms with van der Waals surface area (Å²) in [5.41, 5.74) is 13.2. The molecule has 0 fully saturated rings. The summed E-state index contributed by atoms with van der Waals surface area (Å²) in [6.45, 7) is 7.78. The van der Waals surface area contributed by atoms with Crippen LogP contribution in [0.5, 0.6) is 5.75 Å². The van der Waals surface area contributed by atoms with Crippen molar-refractivity contribution in [3.63, 3.8) is 0 Å². The average molecular weight is 336 g/mol. The monoisotopic (exact) mass is 336 g/mol. The molecular weight excluding hydrogens is 308 g/mol. The Kier molecular flexibility index (Phi) is 5.44. The van der Waals surface area contributed by atoms with E-state index in [0.717, 1.165) is 37.1 Å². The Labute approximate surface area is 150 Å². The van der Waals surface area contributed by atoms with Crippen LogP contribution in [0.2, 0.25) is 0 Å². The van der Waals surface area contributed by atoms with Crippen LogP contribution in [0.1, 0.15) is 36.5 Å². The number of ether oxygens (including phenoxy) is 1. The third-order valence-corrected chi connectivity index (χ3v) is 4.68. The van der Waals surface area contributed by atoms with Crippen LogP contribution in [-0.2, 0) is 6.42 Å². The van der Waals surface area contributed by atoms with E-state index in [1.807, 2.05) is 19.1 Å². The van der Waals surface area contributed by atoms with Crippen LogP contribution in [0, 0.1) is 13.8 Å². The molecule has 1 aromatic heterocycles. The number of aromatic nitrogens is 1. The van der Waals surface area contributed by atoms with Crippen molar-refractivity contribution in [3.8, 4) is 17.0 Å². The van der Waals surface area contributed by atoms with Gasteiger partial charge in [-0.15, -0.1) is 0 Å². The molecule has 0 radical (unpaired) electrons. The Bertz CT molecular complexity index is 864. The molecule has 0 aliphatic carbocycles. The molecule has 3 aromatic rings. The molecule has 0 spiro atoms. The van der Waals surface area contributed by atoms with Crippen LogP contribution in [0.25, 0.3) is 22.2 Å². The topological polar surface area (TPSA) is 51.0 Å². The SMILES string of the molecule is CCOc1ccccc1-c1[nH]c2cc(C)cc(C)c2c1CCCCN. The standard InChI is InChI=1S/C22H28N2O/c1-4-25-20-11-6-5-9-17(20)22-18(10-7-8-12-23)21-16(3)13-15(2)14-19(21)24-22/h5-6,9,11,13-14,24H,4,7-8,10,12,23H2,1-3H3. The van der Waals surface area contributed by atoms with Gasteiger partial charge in [-0.2, -0.15) is 0 Å². The second kappa shape index (κ2) is 7.75. The van der Waals surface area contributed by atoms with Gasteiger partial charge in [0, 0.05) is 16.5 Å². The molecule has 3 nitrogen and oxygen atoms in total. The zero-order valence-corrected chi connectivity index (χ0v) is 15.5. The van der Waals surface area contributed by atoms with Crippen LogP contribution in [-0.4, -0.2) is 18.1 Å². The maximum atomic E-state index is 5.88. The quantitative estimate of drug-likeness (QED) is 0.588. The van der Waals surface area contributed by atoms with E-state index in [1.165, 1.54) is 33.3 Å². The van der Waals surface area contributed by atoms with Crippen molar-refractivity contribution < 1.29 is 4.74 Å². The van der Waals surface area contributed by atoms with Crippen molar-refractivity contribution in [2.24, 2.45) is 5.73 Å². The maximum Gasteiger partial charge on any atom is 0.128 e. The van der Waals surface area contributed by atoms with Crippen molar-refractivity contribution in [2.45, 2.75) is 40.0 Å². The minimum Gasteiger partial charge on any atom is -0.493 e. The fraction of sp³-hybridized carbons (Fsp3) is 0.364. The number of aromatic amines is 1. The number of aryl methyl sites for hydroxylation is 3.